The molecule has 7 heteroatoms. The van der Waals surface area contributed by atoms with Crippen LogP contribution in [0.4, 0.5) is 5.69 Å². The summed E-state index contributed by atoms with van der Waals surface area (Å²) in [5.74, 6) is 1.81. The van der Waals surface area contributed by atoms with Crippen LogP contribution < -0.4 is 11.3 Å². The number of nitrogens with two attached hydrogens (primary N) is 1. The lowest BCUT2D eigenvalue weighted by Crippen LogP contribution is -2.15. The number of amidine groups is 1. The van der Waals surface area contributed by atoms with E-state index >= 15 is 0 Å². The number of hydrogen-bond donors (Lipinski definition) is 2. The molecule has 0 bridgehead atoms. The second kappa shape index (κ2) is 7.72. The van der Waals surface area contributed by atoms with Crippen molar-refractivity contribution in [2.75, 3.05) is 0 Å². The molecule has 0 spiro atoms. The first kappa shape index (κ1) is 19.2. The van der Waals surface area contributed by atoms with Crippen LogP contribution >= 0.6 is 23.1 Å². The molecular formula is C21H24N4OS2. The van der Waals surface area contributed by atoms with Gasteiger partial charge in [-0.1, -0.05) is 30.8 Å². The number of aromatic amines is 1. The molecule has 3 N–H and O–H groups in total. The first-order valence-electron chi connectivity index (χ1n) is 9.48. The third-order valence-corrected chi connectivity index (χ3v) is 7.12. The van der Waals surface area contributed by atoms with Gasteiger partial charge in [0.2, 0.25) is 0 Å². The molecule has 0 radical (unpaired) electrons. The Morgan fingerprint density at radius 1 is 1.43 bits per heavy atom. The Balaban J connectivity index is 1.56. The third kappa shape index (κ3) is 3.86. The van der Waals surface area contributed by atoms with Crippen molar-refractivity contribution >= 4 is 44.2 Å². The Morgan fingerprint density at radius 3 is 3.07 bits per heavy atom. The van der Waals surface area contributed by atoms with Gasteiger partial charge in [-0.15, -0.1) is 11.3 Å². The molecule has 28 heavy (non-hydrogen) atoms. The van der Waals surface area contributed by atoms with E-state index in [1.165, 1.54) is 22.2 Å². The lowest BCUT2D eigenvalue weighted by atomic mass is 9.89. The summed E-state index contributed by atoms with van der Waals surface area (Å²) in [6.07, 6.45) is 3.17. The van der Waals surface area contributed by atoms with E-state index in [4.69, 9.17) is 10.7 Å². The highest BCUT2D eigenvalue weighted by Crippen LogP contribution is 2.35. The van der Waals surface area contributed by atoms with E-state index in [1.807, 2.05) is 26.0 Å². The molecule has 1 aliphatic rings. The number of rotatable bonds is 3. The van der Waals surface area contributed by atoms with Crippen LogP contribution in [0.3, 0.4) is 0 Å². The minimum atomic E-state index is -0.0299. The number of benzene rings is 1. The zero-order valence-electron chi connectivity index (χ0n) is 16.3. The molecule has 1 aromatic carbocycles. The molecule has 1 aliphatic carbocycles. The summed E-state index contributed by atoms with van der Waals surface area (Å²) in [6, 6.07) is 6.12. The van der Waals surface area contributed by atoms with Gasteiger partial charge in [0.15, 0.2) is 5.17 Å². The van der Waals surface area contributed by atoms with Crippen LogP contribution in [-0.4, -0.2) is 15.1 Å². The molecule has 0 amide bonds. The Hall–Kier alpha value is -2.12. The van der Waals surface area contributed by atoms with E-state index in [0.29, 0.717) is 22.7 Å². The quantitative estimate of drug-likeness (QED) is 0.486. The van der Waals surface area contributed by atoms with Gasteiger partial charge >= 0.3 is 0 Å². The molecule has 146 valence electrons. The van der Waals surface area contributed by atoms with Crippen LogP contribution in [0.25, 0.3) is 10.2 Å². The largest absolute Gasteiger partial charge is 0.378 e. The first-order valence-corrected chi connectivity index (χ1v) is 11.3. The van der Waals surface area contributed by atoms with Crippen LogP contribution in [0.1, 0.15) is 40.7 Å². The van der Waals surface area contributed by atoms with Crippen LogP contribution in [0.15, 0.2) is 28.0 Å². The number of H-pyrrole nitrogens is 1. The predicted molar refractivity (Wildman–Crippen MR) is 120 cm³/mol. The van der Waals surface area contributed by atoms with E-state index in [2.05, 4.69) is 23.0 Å². The summed E-state index contributed by atoms with van der Waals surface area (Å²) in [5, 5.41) is 1.26. The smallest absolute Gasteiger partial charge is 0.259 e. The number of nitrogens with one attached hydrogen (secondary N) is 1. The first-order chi connectivity index (χ1) is 13.4. The number of hydrogen-bond acceptors (Lipinski definition) is 5. The maximum absolute atomic E-state index is 12.7. The van der Waals surface area contributed by atoms with Crippen LogP contribution in [0, 0.1) is 19.8 Å². The van der Waals surface area contributed by atoms with Gasteiger partial charge in [-0.3, -0.25) is 4.79 Å². The average molecular weight is 413 g/mol. The van der Waals surface area contributed by atoms with Crippen molar-refractivity contribution in [1.29, 1.82) is 0 Å². The molecule has 0 saturated carbocycles. The summed E-state index contributed by atoms with van der Waals surface area (Å²) in [5.41, 5.74) is 10.4. The molecule has 1 atom stereocenters. The van der Waals surface area contributed by atoms with Crippen LogP contribution in [-0.2, 0) is 18.6 Å². The summed E-state index contributed by atoms with van der Waals surface area (Å²) >= 11 is 3.06. The molecule has 2 aromatic heterocycles. The molecule has 0 aliphatic heterocycles. The summed E-state index contributed by atoms with van der Waals surface area (Å²) in [4.78, 5) is 27.0. The Labute approximate surface area is 172 Å². The predicted octanol–water partition coefficient (Wildman–Crippen LogP) is 4.61. The molecule has 4 rings (SSSR count). The SMILES string of the molecule is Cc1ccc(C)c(N=C(N)SCc2nc3sc4c(c3c(=O)[nH]2)CC[C@H](C)C4)c1. The molecule has 3 aromatic rings. The highest BCUT2D eigenvalue weighted by atomic mass is 32.2. The lowest BCUT2D eigenvalue weighted by Gasteiger charge is -2.17. The Kier molecular flexibility index (Phi) is 5.29. The summed E-state index contributed by atoms with van der Waals surface area (Å²) in [7, 11) is 0. The highest BCUT2D eigenvalue weighted by Gasteiger charge is 2.23. The van der Waals surface area contributed by atoms with Crippen molar-refractivity contribution in [2.24, 2.45) is 16.6 Å². The van der Waals surface area contributed by atoms with Gasteiger partial charge in [-0.05, 0) is 61.8 Å². The van der Waals surface area contributed by atoms with Crippen molar-refractivity contribution in [2.45, 2.75) is 45.8 Å². The number of aromatic nitrogens is 2. The van der Waals surface area contributed by atoms with E-state index in [-0.39, 0.29) is 5.56 Å². The minimum Gasteiger partial charge on any atom is -0.378 e. The normalized spacial score (nSPS) is 17.1. The van der Waals surface area contributed by atoms with Gasteiger partial charge in [0, 0.05) is 4.88 Å². The molecule has 0 unspecified atom stereocenters. The summed E-state index contributed by atoms with van der Waals surface area (Å²) in [6.45, 7) is 6.32. The fraction of sp³-hybridized carbons (Fsp3) is 0.381. The number of thioether (sulfide) groups is 1. The van der Waals surface area contributed by atoms with Gasteiger partial charge in [0.25, 0.3) is 5.56 Å². The van der Waals surface area contributed by atoms with E-state index in [0.717, 1.165) is 46.3 Å². The minimum absolute atomic E-state index is 0.0299. The topological polar surface area (TPSA) is 84.1 Å². The Bertz CT molecular complexity index is 1130. The van der Waals surface area contributed by atoms with Crippen LogP contribution in [0.2, 0.25) is 0 Å². The van der Waals surface area contributed by atoms with Crippen molar-refractivity contribution in [3.63, 3.8) is 0 Å². The number of aryl methyl sites for hydroxylation is 3. The van der Waals surface area contributed by atoms with Crippen LogP contribution in [0.5, 0.6) is 0 Å². The van der Waals surface area contributed by atoms with Gasteiger partial charge in [0.1, 0.15) is 10.7 Å². The fourth-order valence-corrected chi connectivity index (χ4v) is 5.58. The number of aliphatic imine (C=N–C) groups is 1. The lowest BCUT2D eigenvalue weighted by molar-refractivity contribution is 0.509. The molecule has 0 saturated heterocycles. The van der Waals surface area contributed by atoms with Crippen molar-refractivity contribution < 1.29 is 0 Å². The Morgan fingerprint density at radius 2 is 2.25 bits per heavy atom. The van der Waals surface area contributed by atoms with Crippen molar-refractivity contribution in [3.05, 3.63) is 55.9 Å². The second-order valence-corrected chi connectivity index (χ2v) is 9.65. The van der Waals surface area contributed by atoms with Crippen molar-refractivity contribution in [1.82, 2.24) is 9.97 Å². The zero-order valence-corrected chi connectivity index (χ0v) is 18.0. The maximum Gasteiger partial charge on any atom is 0.259 e. The monoisotopic (exact) mass is 412 g/mol. The maximum atomic E-state index is 12.7. The van der Waals surface area contributed by atoms with E-state index < -0.39 is 0 Å². The highest BCUT2D eigenvalue weighted by molar-refractivity contribution is 8.13. The van der Waals surface area contributed by atoms with Gasteiger partial charge in [0.05, 0.1) is 16.8 Å². The third-order valence-electron chi connectivity index (χ3n) is 5.17. The second-order valence-electron chi connectivity index (χ2n) is 7.57. The number of nitrogens with zero attached hydrogens (tertiary/aromatic N) is 2. The molecule has 5 nitrogen and oxygen atoms in total. The van der Waals surface area contributed by atoms with Gasteiger partial charge in [-0.2, -0.15) is 0 Å². The molecule has 2 heterocycles. The average Bonchev–Trinajstić information content (AvgIpc) is 3.00. The van der Waals surface area contributed by atoms with Gasteiger partial charge in [-0.25, -0.2) is 9.98 Å². The zero-order chi connectivity index (χ0) is 19.8. The standard InChI is InChI=1S/C21H24N4OS2/c1-11-4-6-13(3)15(8-11)23-21(22)27-10-17-24-19(26)18-14-7-5-12(2)9-16(14)28-20(18)25-17/h4,6,8,12H,5,7,9-10H2,1-3H3,(H2,22,23)(H,24,25,26)/t12-/m0/s1. The number of thiophene rings is 1. The van der Waals surface area contributed by atoms with E-state index in [9.17, 15) is 4.79 Å². The van der Waals surface area contributed by atoms with Gasteiger partial charge < -0.3 is 10.7 Å². The van der Waals surface area contributed by atoms with Crippen molar-refractivity contribution in [3.8, 4) is 0 Å². The number of fused-ring (bicyclic) bond motifs is 3. The molecular weight excluding hydrogens is 388 g/mol. The van der Waals surface area contributed by atoms with E-state index in [1.54, 1.807) is 11.3 Å². The molecule has 0 fully saturated rings. The fourth-order valence-electron chi connectivity index (χ4n) is 3.59. The summed E-state index contributed by atoms with van der Waals surface area (Å²) < 4.78 is 0.